The topological polar surface area (TPSA) is 46.5 Å². The molecule has 0 aromatic heterocycles. The molecule has 18 heavy (non-hydrogen) atoms. The number of ether oxygens (including phenoxy) is 1. The quantitative estimate of drug-likeness (QED) is 0.530. The third-order valence-electron chi connectivity index (χ3n) is 5.66. The second kappa shape index (κ2) is 3.60. The fourth-order valence-electron chi connectivity index (χ4n) is 4.33. The Morgan fingerprint density at radius 2 is 2.11 bits per heavy atom. The summed E-state index contributed by atoms with van der Waals surface area (Å²) in [5, 5.41) is 10.8. The van der Waals surface area contributed by atoms with E-state index in [2.05, 4.69) is 19.9 Å². The van der Waals surface area contributed by atoms with Crippen molar-refractivity contribution in [1.82, 2.24) is 0 Å². The van der Waals surface area contributed by atoms with Crippen LogP contribution in [0.5, 0.6) is 0 Å². The van der Waals surface area contributed by atoms with Gasteiger partial charge in [-0.3, -0.25) is 4.79 Å². The summed E-state index contributed by atoms with van der Waals surface area (Å²) in [6.07, 6.45) is 5.81. The maximum absolute atomic E-state index is 11.8. The van der Waals surface area contributed by atoms with Gasteiger partial charge in [0.05, 0.1) is 5.92 Å². The van der Waals surface area contributed by atoms with Crippen molar-refractivity contribution >= 4 is 5.97 Å². The fourth-order valence-corrected chi connectivity index (χ4v) is 4.33. The van der Waals surface area contributed by atoms with E-state index in [1.165, 1.54) is 5.57 Å². The Morgan fingerprint density at radius 3 is 2.83 bits per heavy atom. The van der Waals surface area contributed by atoms with Crippen LogP contribution in [0.15, 0.2) is 11.6 Å². The van der Waals surface area contributed by atoms with Crippen molar-refractivity contribution < 1.29 is 14.6 Å². The summed E-state index contributed by atoms with van der Waals surface area (Å²) < 4.78 is 5.56. The number of hydrogen-bond donors (Lipinski definition) is 1. The van der Waals surface area contributed by atoms with Gasteiger partial charge >= 0.3 is 5.97 Å². The van der Waals surface area contributed by atoms with Gasteiger partial charge in [-0.1, -0.05) is 18.6 Å². The van der Waals surface area contributed by atoms with Gasteiger partial charge in [0.25, 0.3) is 0 Å². The molecule has 2 unspecified atom stereocenters. The minimum absolute atomic E-state index is 0.181. The molecular formula is C15H22O3. The summed E-state index contributed by atoms with van der Waals surface area (Å²) in [6.45, 7) is 6.20. The van der Waals surface area contributed by atoms with Crippen molar-refractivity contribution in [3.63, 3.8) is 0 Å². The number of carbonyl (C=O) groups excluding carboxylic acids is 1. The molecule has 3 aliphatic rings. The van der Waals surface area contributed by atoms with Gasteiger partial charge in [0, 0.05) is 5.92 Å². The summed E-state index contributed by atoms with van der Waals surface area (Å²) in [4.78, 5) is 11.8. The third-order valence-corrected chi connectivity index (χ3v) is 5.66. The highest BCUT2D eigenvalue weighted by molar-refractivity contribution is 5.76. The highest BCUT2D eigenvalue weighted by Crippen LogP contribution is 2.57. The predicted octanol–water partition coefficient (Wildman–Crippen LogP) is 2.44. The van der Waals surface area contributed by atoms with Crippen LogP contribution in [0.2, 0.25) is 0 Å². The first-order chi connectivity index (χ1) is 8.38. The minimum Gasteiger partial charge on any atom is -0.458 e. The lowest BCUT2D eigenvalue weighted by Crippen LogP contribution is -2.56. The molecule has 3 rings (SSSR count). The van der Waals surface area contributed by atoms with Gasteiger partial charge in [-0.2, -0.15) is 0 Å². The summed E-state index contributed by atoms with van der Waals surface area (Å²) >= 11 is 0. The third kappa shape index (κ3) is 1.37. The van der Waals surface area contributed by atoms with Crippen LogP contribution in [0, 0.1) is 17.3 Å². The molecule has 0 radical (unpaired) electrons. The first-order valence-electron chi connectivity index (χ1n) is 6.98. The van der Waals surface area contributed by atoms with Gasteiger partial charge in [-0.15, -0.1) is 0 Å². The molecule has 0 aromatic carbocycles. The lowest BCUT2D eigenvalue weighted by Gasteiger charge is -2.52. The van der Waals surface area contributed by atoms with Crippen LogP contribution in [0.25, 0.3) is 0 Å². The molecular weight excluding hydrogens is 228 g/mol. The zero-order valence-corrected chi connectivity index (χ0v) is 11.4. The monoisotopic (exact) mass is 250 g/mol. The molecule has 0 amide bonds. The average Bonchev–Trinajstić information content (AvgIpc) is 2.53. The first kappa shape index (κ1) is 12.2. The van der Waals surface area contributed by atoms with Crippen LogP contribution in [0.3, 0.4) is 0 Å². The molecule has 3 heteroatoms. The largest absolute Gasteiger partial charge is 0.458 e. The smallest absolute Gasteiger partial charge is 0.312 e. The maximum atomic E-state index is 11.8. The van der Waals surface area contributed by atoms with Crippen molar-refractivity contribution in [2.24, 2.45) is 17.3 Å². The summed E-state index contributed by atoms with van der Waals surface area (Å²) in [5.41, 5.74) is 0.516. The van der Waals surface area contributed by atoms with Gasteiger partial charge in [-0.25, -0.2) is 0 Å². The van der Waals surface area contributed by atoms with Crippen LogP contribution >= 0.6 is 0 Å². The van der Waals surface area contributed by atoms with Gasteiger partial charge < -0.3 is 9.84 Å². The molecule has 5 atom stereocenters. The van der Waals surface area contributed by atoms with Gasteiger partial charge in [0.15, 0.2) is 0 Å². The number of carbonyl (C=O) groups is 1. The van der Waals surface area contributed by atoms with E-state index in [0.29, 0.717) is 6.42 Å². The Balaban J connectivity index is 2.05. The average molecular weight is 250 g/mol. The Labute approximate surface area is 108 Å². The second-order valence-electron chi connectivity index (χ2n) is 6.69. The molecule has 3 nitrogen and oxygen atoms in total. The summed E-state index contributed by atoms with van der Waals surface area (Å²) in [6, 6.07) is 0. The van der Waals surface area contributed by atoms with Crippen LogP contribution in [-0.2, 0) is 9.53 Å². The Bertz CT molecular complexity index is 427. The molecule has 2 fully saturated rings. The standard InChI is InChI=1S/C15H22O3/c1-9-5-4-6-14(3)7-8-15(17)10(2)13(16)18-12(15)11(9)14/h5,10-12,17H,4,6-8H2,1-3H3/t10?,11?,12-,14+,15+/m0/s1. The van der Waals surface area contributed by atoms with Gasteiger partial charge in [-0.05, 0) is 44.9 Å². The highest BCUT2D eigenvalue weighted by Gasteiger charge is 2.63. The molecule has 100 valence electrons. The van der Waals surface area contributed by atoms with E-state index in [1.54, 1.807) is 6.92 Å². The number of allylic oxidation sites excluding steroid dienone is 1. The number of hydrogen-bond acceptors (Lipinski definition) is 3. The van der Waals surface area contributed by atoms with E-state index >= 15 is 0 Å². The minimum atomic E-state index is -0.951. The van der Waals surface area contributed by atoms with E-state index in [-0.39, 0.29) is 29.3 Å². The molecule has 0 spiro atoms. The molecule has 1 saturated carbocycles. The van der Waals surface area contributed by atoms with Crippen LogP contribution < -0.4 is 0 Å². The zero-order valence-electron chi connectivity index (χ0n) is 11.4. The maximum Gasteiger partial charge on any atom is 0.312 e. The molecule has 1 heterocycles. The Kier molecular flexibility index (Phi) is 2.44. The van der Waals surface area contributed by atoms with Crippen molar-refractivity contribution in [3.05, 3.63) is 11.6 Å². The van der Waals surface area contributed by atoms with Crippen molar-refractivity contribution in [3.8, 4) is 0 Å². The molecule has 1 aliphatic heterocycles. The molecule has 2 aliphatic carbocycles. The molecule has 0 bridgehead atoms. The normalized spacial score (nSPS) is 51.2. The first-order valence-corrected chi connectivity index (χ1v) is 6.98. The Morgan fingerprint density at radius 1 is 1.39 bits per heavy atom. The molecule has 0 aromatic rings. The highest BCUT2D eigenvalue weighted by atomic mass is 16.6. The number of esters is 1. The number of rotatable bonds is 0. The van der Waals surface area contributed by atoms with E-state index in [9.17, 15) is 9.90 Å². The summed E-state index contributed by atoms with van der Waals surface area (Å²) in [5.74, 6) is -0.425. The van der Waals surface area contributed by atoms with Crippen molar-refractivity contribution in [2.45, 2.75) is 58.2 Å². The van der Waals surface area contributed by atoms with Gasteiger partial charge in [0.2, 0.25) is 0 Å². The predicted molar refractivity (Wildman–Crippen MR) is 67.8 cm³/mol. The van der Waals surface area contributed by atoms with E-state index < -0.39 is 5.60 Å². The molecule has 1 N–H and O–H groups in total. The fraction of sp³-hybridized carbons (Fsp3) is 0.800. The SMILES string of the molecule is CC1=CCC[C@]2(C)CC[C@@]3(O)C(C)C(=O)O[C@H]3C12. The second-order valence-corrected chi connectivity index (χ2v) is 6.69. The van der Waals surface area contributed by atoms with Crippen molar-refractivity contribution in [1.29, 1.82) is 0 Å². The number of fused-ring (bicyclic) bond motifs is 3. The van der Waals surface area contributed by atoms with Crippen molar-refractivity contribution in [2.75, 3.05) is 0 Å². The summed E-state index contributed by atoms with van der Waals surface area (Å²) in [7, 11) is 0. The Hall–Kier alpha value is -0.830. The van der Waals surface area contributed by atoms with Crippen LogP contribution in [0.4, 0.5) is 0 Å². The van der Waals surface area contributed by atoms with E-state index in [0.717, 1.165) is 19.3 Å². The van der Waals surface area contributed by atoms with Crippen LogP contribution in [0.1, 0.15) is 46.5 Å². The van der Waals surface area contributed by atoms with E-state index in [4.69, 9.17) is 4.74 Å². The lowest BCUT2D eigenvalue weighted by molar-refractivity contribution is -0.155. The van der Waals surface area contributed by atoms with E-state index in [1.807, 2.05) is 0 Å². The molecule has 1 saturated heterocycles. The van der Waals surface area contributed by atoms with Crippen LogP contribution in [-0.4, -0.2) is 22.8 Å². The number of aliphatic hydroxyl groups is 1. The lowest BCUT2D eigenvalue weighted by atomic mass is 9.54. The van der Waals surface area contributed by atoms with Gasteiger partial charge in [0.1, 0.15) is 11.7 Å². The zero-order chi connectivity index (χ0) is 13.1.